The van der Waals surface area contributed by atoms with E-state index in [1.165, 1.54) is 0 Å². The number of hydrogen-bond donors (Lipinski definition) is 2. The smallest absolute Gasteiger partial charge is 0.450 e. The second kappa shape index (κ2) is 16.3. The van der Waals surface area contributed by atoms with Crippen molar-refractivity contribution < 1.29 is 54.3 Å². The van der Waals surface area contributed by atoms with E-state index < -0.39 is 6.16 Å². The molecule has 0 unspecified atom stereocenters. The van der Waals surface area contributed by atoms with Crippen LogP contribution in [0.25, 0.3) is 0 Å². The molecule has 1 radical (unpaired) electrons. The summed E-state index contributed by atoms with van der Waals surface area (Å²) in [6.45, 7) is 0. The number of rotatable bonds is 0. The zero-order chi connectivity index (χ0) is 3.58. The summed E-state index contributed by atoms with van der Waals surface area (Å²) in [6, 6.07) is 0. The first-order valence-electron chi connectivity index (χ1n) is 0.651. The number of hydrogen-bond acceptors (Lipinski definition) is 1. The van der Waals surface area contributed by atoms with Gasteiger partial charge in [0.25, 0.3) is 0 Å². The Labute approximate surface area is 60.9 Å². The van der Waals surface area contributed by atoms with E-state index in [1.807, 2.05) is 0 Å². The number of carboxylic acid groups (broad SMARTS) is 2. The summed E-state index contributed by atoms with van der Waals surface area (Å²) in [6.07, 6.45) is -1.83. The molecule has 0 aromatic heterocycles. The molecule has 0 aromatic rings. The molecular formula is CH4CoFeO4. The Morgan fingerprint density at radius 2 is 1.29 bits per heavy atom. The van der Waals surface area contributed by atoms with Crippen molar-refractivity contribution >= 4 is 6.16 Å². The van der Waals surface area contributed by atoms with Crippen molar-refractivity contribution in [3.05, 3.63) is 0 Å². The summed E-state index contributed by atoms with van der Waals surface area (Å²) < 4.78 is 0. The van der Waals surface area contributed by atoms with E-state index >= 15 is 0 Å². The normalized spacial score (nSPS) is 3.43. The van der Waals surface area contributed by atoms with Gasteiger partial charge >= 0.3 is 6.16 Å². The van der Waals surface area contributed by atoms with Gasteiger partial charge in [-0.2, -0.15) is 0 Å². The quantitative estimate of drug-likeness (QED) is 0.505. The monoisotopic (exact) mass is 195 g/mol. The largest absolute Gasteiger partial charge is 0.503 e. The van der Waals surface area contributed by atoms with Gasteiger partial charge in [0.1, 0.15) is 0 Å². The van der Waals surface area contributed by atoms with Crippen LogP contribution in [0, 0.1) is 0 Å². The summed E-state index contributed by atoms with van der Waals surface area (Å²) in [5.74, 6) is 0. The van der Waals surface area contributed by atoms with Crippen molar-refractivity contribution in [1.82, 2.24) is 0 Å². The molecule has 0 aliphatic rings. The first-order chi connectivity index (χ1) is 1.73. The fourth-order valence-corrected chi connectivity index (χ4v) is 0. The molecule has 0 saturated heterocycles. The molecule has 0 bridgehead atoms. The van der Waals surface area contributed by atoms with Crippen LogP contribution < -0.4 is 0 Å². The summed E-state index contributed by atoms with van der Waals surface area (Å²) in [4.78, 5) is 8.56. The van der Waals surface area contributed by atoms with Crippen molar-refractivity contribution in [3.8, 4) is 0 Å². The topological polar surface area (TPSA) is 89.0 Å². The molecule has 0 saturated carbocycles. The number of carbonyl (C=O) groups is 1. The first-order valence-corrected chi connectivity index (χ1v) is 0.651. The van der Waals surface area contributed by atoms with Gasteiger partial charge in [-0.3, -0.25) is 0 Å². The molecule has 0 rings (SSSR count). The molecule has 4 nitrogen and oxygen atoms in total. The fraction of sp³-hybridized carbons (Fsp3) is 0. The molecule has 0 amide bonds. The summed E-state index contributed by atoms with van der Waals surface area (Å²) >= 11 is 0. The SMILES string of the molecule is O.O=C(O)O.[Co].[Fe]. The van der Waals surface area contributed by atoms with E-state index in [4.69, 9.17) is 15.0 Å². The zero-order valence-electron chi connectivity index (χ0n) is 2.99. The minimum absolute atomic E-state index is 0. The maximum atomic E-state index is 8.56. The van der Waals surface area contributed by atoms with E-state index in [-0.39, 0.29) is 39.3 Å². The Morgan fingerprint density at radius 3 is 1.29 bits per heavy atom. The third-order valence-electron chi connectivity index (χ3n) is 0. The minimum atomic E-state index is -1.83. The van der Waals surface area contributed by atoms with Crippen LogP contribution in [0.5, 0.6) is 0 Å². The van der Waals surface area contributed by atoms with Crippen LogP contribution in [0.3, 0.4) is 0 Å². The molecule has 7 heavy (non-hydrogen) atoms. The van der Waals surface area contributed by atoms with Crippen LogP contribution in [0.1, 0.15) is 0 Å². The Bertz CT molecular complexity index is 34.7. The predicted octanol–water partition coefficient (Wildman–Crippen LogP) is -0.607. The van der Waals surface area contributed by atoms with Gasteiger partial charge in [0.05, 0.1) is 0 Å². The van der Waals surface area contributed by atoms with Gasteiger partial charge in [-0.05, 0) is 0 Å². The van der Waals surface area contributed by atoms with Crippen LogP contribution in [-0.4, -0.2) is 21.8 Å². The van der Waals surface area contributed by atoms with E-state index in [9.17, 15) is 0 Å². The van der Waals surface area contributed by atoms with E-state index in [1.54, 1.807) is 0 Å². The van der Waals surface area contributed by atoms with Crippen LogP contribution in [-0.2, 0) is 33.8 Å². The van der Waals surface area contributed by atoms with Gasteiger partial charge < -0.3 is 15.7 Å². The molecule has 0 spiro atoms. The first kappa shape index (κ1) is 26.8. The Kier molecular flexibility index (Phi) is 62.4. The molecule has 0 aliphatic carbocycles. The minimum Gasteiger partial charge on any atom is -0.450 e. The molecule has 0 aromatic carbocycles. The van der Waals surface area contributed by atoms with Gasteiger partial charge in [0.15, 0.2) is 0 Å². The van der Waals surface area contributed by atoms with Crippen LogP contribution in [0.2, 0.25) is 0 Å². The van der Waals surface area contributed by atoms with Crippen molar-refractivity contribution in [1.29, 1.82) is 0 Å². The van der Waals surface area contributed by atoms with Gasteiger partial charge in [0.2, 0.25) is 0 Å². The average Bonchev–Trinajstić information content (AvgIpc) is 0.811. The van der Waals surface area contributed by atoms with E-state index in [0.717, 1.165) is 0 Å². The standard InChI is InChI=1S/CH2O3.Co.Fe.H2O/c2-1(3)4;;;/h(H2,2,3,4);;;1H2. The second-order valence-electron chi connectivity index (χ2n) is 0.283. The summed E-state index contributed by atoms with van der Waals surface area (Å²) in [5, 5.41) is 13.9. The summed E-state index contributed by atoms with van der Waals surface area (Å²) in [5.41, 5.74) is 0. The van der Waals surface area contributed by atoms with Crippen molar-refractivity contribution in [2.24, 2.45) is 0 Å². The molecular weight excluding hydrogens is 191 g/mol. The molecule has 4 N–H and O–H groups in total. The third-order valence-corrected chi connectivity index (χ3v) is 0. The summed E-state index contributed by atoms with van der Waals surface area (Å²) in [7, 11) is 0. The molecule has 0 atom stereocenters. The van der Waals surface area contributed by atoms with Crippen LogP contribution >= 0.6 is 0 Å². The molecule has 49 valence electrons. The zero-order valence-corrected chi connectivity index (χ0v) is 5.13. The maximum Gasteiger partial charge on any atom is 0.503 e. The van der Waals surface area contributed by atoms with Gasteiger partial charge in [-0.15, -0.1) is 0 Å². The van der Waals surface area contributed by atoms with Crippen molar-refractivity contribution in [2.45, 2.75) is 0 Å². The van der Waals surface area contributed by atoms with Crippen LogP contribution in [0.4, 0.5) is 4.79 Å². The van der Waals surface area contributed by atoms with Gasteiger partial charge in [-0.1, -0.05) is 0 Å². The molecule has 0 fully saturated rings. The average molecular weight is 195 g/mol. The maximum absolute atomic E-state index is 8.56. The van der Waals surface area contributed by atoms with Gasteiger partial charge in [-0.25, -0.2) is 4.79 Å². The Balaban J connectivity index is -0.0000000150. The Morgan fingerprint density at radius 1 is 1.29 bits per heavy atom. The van der Waals surface area contributed by atoms with E-state index in [2.05, 4.69) is 0 Å². The Hall–Kier alpha value is 0.256. The van der Waals surface area contributed by atoms with Crippen LogP contribution in [0.15, 0.2) is 0 Å². The van der Waals surface area contributed by atoms with Crippen molar-refractivity contribution in [3.63, 3.8) is 0 Å². The van der Waals surface area contributed by atoms with Crippen molar-refractivity contribution in [2.75, 3.05) is 0 Å². The third kappa shape index (κ3) is 1730. The molecule has 0 heterocycles. The van der Waals surface area contributed by atoms with Gasteiger partial charge in [0, 0.05) is 33.8 Å². The molecule has 6 heteroatoms. The van der Waals surface area contributed by atoms with E-state index in [0.29, 0.717) is 0 Å². The fourth-order valence-electron chi connectivity index (χ4n) is 0. The second-order valence-corrected chi connectivity index (χ2v) is 0.283. The molecule has 0 aliphatic heterocycles. The predicted molar refractivity (Wildman–Crippen MR) is 14.3 cm³/mol.